The van der Waals surface area contributed by atoms with Gasteiger partial charge in [-0.2, -0.15) is 0 Å². The molecule has 1 N–H and O–H groups in total. The van der Waals surface area contributed by atoms with Gasteiger partial charge >= 0.3 is 0 Å². The molecule has 1 saturated heterocycles. The van der Waals surface area contributed by atoms with Crippen LogP contribution < -0.4 is 15.0 Å². The molecule has 0 aliphatic carbocycles. The molecule has 1 aliphatic heterocycles. The van der Waals surface area contributed by atoms with Crippen molar-refractivity contribution in [3.63, 3.8) is 0 Å². The molecular formula is C19H18BrClN2O3. The lowest BCUT2D eigenvalue weighted by Crippen LogP contribution is -2.28. The summed E-state index contributed by atoms with van der Waals surface area (Å²) >= 11 is 9.55. The Kier molecular flexibility index (Phi) is 5.84. The lowest BCUT2D eigenvalue weighted by molar-refractivity contribution is -0.122. The molecule has 26 heavy (non-hydrogen) atoms. The van der Waals surface area contributed by atoms with Crippen LogP contribution in [0, 0.1) is 5.92 Å². The molecule has 1 atom stereocenters. The molecule has 2 aromatic rings. The first-order chi connectivity index (χ1) is 12.5. The summed E-state index contributed by atoms with van der Waals surface area (Å²) in [6.45, 7) is 2.62. The van der Waals surface area contributed by atoms with Crippen LogP contribution in [0.1, 0.15) is 13.3 Å². The summed E-state index contributed by atoms with van der Waals surface area (Å²) in [5, 5.41) is 3.28. The van der Waals surface area contributed by atoms with Crippen LogP contribution in [0.2, 0.25) is 5.02 Å². The lowest BCUT2D eigenvalue weighted by atomic mass is 10.1. The molecule has 3 rings (SSSR count). The van der Waals surface area contributed by atoms with E-state index in [1.54, 1.807) is 23.1 Å². The molecule has 1 heterocycles. The number of amides is 2. The van der Waals surface area contributed by atoms with Gasteiger partial charge < -0.3 is 15.0 Å². The molecule has 0 aromatic heterocycles. The number of ether oxygens (including phenoxy) is 1. The van der Waals surface area contributed by atoms with Crippen LogP contribution in [0.4, 0.5) is 11.4 Å². The van der Waals surface area contributed by atoms with Gasteiger partial charge in [0.05, 0.1) is 23.2 Å². The summed E-state index contributed by atoms with van der Waals surface area (Å²) in [4.78, 5) is 26.7. The third-order valence-corrected chi connectivity index (χ3v) is 4.92. The van der Waals surface area contributed by atoms with Crippen LogP contribution in [0.15, 0.2) is 46.9 Å². The SMILES string of the molecule is CCOc1c(Cl)cccc1NC(=O)C1CC(=O)N(c2cccc(Br)c2)C1. The Balaban J connectivity index is 1.74. The average molecular weight is 438 g/mol. The molecule has 2 amide bonds. The molecule has 7 heteroatoms. The maximum atomic E-state index is 12.7. The standard InChI is InChI=1S/C19H18BrClN2O3/c1-2-26-18-15(21)7-4-8-16(18)22-19(25)12-9-17(24)23(11-12)14-6-3-5-13(20)10-14/h3-8,10,12H,2,9,11H2,1H3,(H,22,25). The van der Waals surface area contributed by atoms with Crippen molar-refractivity contribution in [2.75, 3.05) is 23.4 Å². The molecule has 1 unspecified atom stereocenters. The van der Waals surface area contributed by atoms with E-state index in [-0.39, 0.29) is 18.2 Å². The number of anilines is 2. The Hall–Kier alpha value is -2.05. The zero-order valence-electron chi connectivity index (χ0n) is 14.2. The molecule has 1 aliphatic rings. The van der Waals surface area contributed by atoms with Crippen molar-refractivity contribution < 1.29 is 14.3 Å². The molecule has 2 aromatic carbocycles. The number of halogens is 2. The van der Waals surface area contributed by atoms with Gasteiger partial charge in [-0.3, -0.25) is 9.59 Å². The van der Waals surface area contributed by atoms with Crippen LogP contribution >= 0.6 is 27.5 Å². The number of carbonyl (C=O) groups excluding carboxylic acids is 2. The predicted octanol–water partition coefficient (Wildman–Crippen LogP) is 4.49. The van der Waals surface area contributed by atoms with Crippen molar-refractivity contribution in [1.82, 2.24) is 0 Å². The van der Waals surface area contributed by atoms with Crippen LogP contribution in [-0.2, 0) is 9.59 Å². The van der Waals surface area contributed by atoms with Crippen LogP contribution in [0.5, 0.6) is 5.75 Å². The van der Waals surface area contributed by atoms with Gasteiger partial charge in [-0.15, -0.1) is 0 Å². The number of hydrogen-bond acceptors (Lipinski definition) is 3. The second-order valence-corrected chi connectivity index (χ2v) is 7.25. The third kappa shape index (κ3) is 4.02. The first-order valence-electron chi connectivity index (χ1n) is 8.27. The van der Waals surface area contributed by atoms with Crippen molar-refractivity contribution in [3.8, 4) is 5.75 Å². The van der Waals surface area contributed by atoms with Crippen LogP contribution in [-0.4, -0.2) is 25.0 Å². The Labute approximate surface area is 165 Å². The van der Waals surface area contributed by atoms with Crippen molar-refractivity contribution in [1.29, 1.82) is 0 Å². The fourth-order valence-corrected chi connectivity index (χ4v) is 3.53. The van der Waals surface area contributed by atoms with E-state index in [1.807, 2.05) is 31.2 Å². The van der Waals surface area contributed by atoms with E-state index in [0.717, 1.165) is 10.2 Å². The van der Waals surface area contributed by atoms with Crippen molar-refractivity contribution in [2.24, 2.45) is 5.92 Å². The van der Waals surface area contributed by atoms with E-state index in [9.17, 15) is 9.59 Å². The van der Waals surface area contributed by atoms with E-state index in [4.69, 9.17) is 16.3 Å². The summed E-state index contributed by atoms with van der Waals surface area (Å²) in [5.41, 5.74) is 1.29. The number of hydrogen-bond donors (Lipinski definition) is 1. The normalized spacial score (nSPS) is 16.7. The topological polar surface area (TPSA) is 58.6 Å². The zero-order valence-corrected chi connectivity index (χ0v) is 16.5. The van der Waals surface area contributed by atoms with E-state index in [0.29, 0.717) is 29.6 Å². The van der Waals surface area contributed by atoms with E-state index in [2.05, 4.69) is 21.2 Å². The lowest BCUT2D eigenvalue weighted by Gasteiger charge is -2.17. The van der Waals surface area contributed by atoms with Gasteiger partial charge in [-0.1, -0.05) is 39.7 Å². The van der Waals surface area contributed by atoms with Gasteiger partial charge in [-0.25, -0.2) is 0 Å². The Morgan fingerprint density at radius 2 is 2.12 bits per heavy atom. The summed E-state index contributed by atoms with van der Waals surface area (Å²) in [5.74, 6) is -0.286. The second-order valence-electron chi connectivity index (χ2n) is 5.92. The van der Waals surface area contributed by atoms with Gasteiger partial charge in [-0.05, 0) is 37.3 Å². The first-order valence-corrected chi connectivity index (χ1v) is 9.44. The number of para-hydroxylation sites is 1. The van der Waals surface area contributed by atoms with Gasteiger partial charge in [0.2, 0.25) is 11.8 Å². The molecule has 0 saturated carbocycles. The van der Waals surface area contributed by atoms with E-state index >= 15 is 0 Å². The maximum Gasteiger partial charge on any atom is 0.229 e. The highest BCUT2D eigenvalue weighted by molar-refractivity contribution is 9.10. The Morgan fingerprint density at radius 3 is 2.85 bits per heavy atom. The molecule has 0 bridgehead atoms. The second kappa shape index (κ2) is 8.10. The number of nitrogens with one attached hydrogen (secondary N) is 1. The summed E-state index contributed by atoms with van der Waals surface area (Å²) in [6.07, 6.45) is 0.170. The maximum absolute atomic E-state index is 12.7. The highest BCUT2D eigenvalue weighted by Crippen LogP contribution is 2.34. The minimum Gasteiger partial charge on any atom is -0.490 e. The van der Waals surface area contributed by atoms with Crippen molar-refractivity contribution >= 4 is 50.7 Å². The first kappa shape index (κ1) is 18.7. The monoisotopic (exact) mass is 436 g/mol. The molecule has 1 fully saturated rings. The van der Waals surface area contributed by atoms with Crippen molar-refractivity contribution in [3.05, 3.63) is 52.0 Å². The predicted molar refractivity (Wildman–Crippen MR) is 106 cm³/mol. The molecule has 5 nitrogen and oxygen atoms in total. The average Bonchev–Trinajstić information content (AvgIpc) is 3.00. The largest absolute Gasteiger partial charge is 0.490 e. The van der Waals surface area contributed by atoms with E-state index in [1.165, 1.54) is 0 Å². The van der Waals surface area contributed by atoms with Crippen molar-refractivity contribution in [2.45, 2.75) is 13.3 Å². The molecule has 0 radical (unpaired) electrons. The highest BCUT2D eigenvalue weighted by atomic mass is 79.9. The minimum atomic E-state index is -0.435. The fourth-order valence-electron chi connectivity index (χ4n) is 2.91. The number of carbonyl (C=O) groups is 2. The van der Waals surface area contributed by atoms with Gasteiger partial charge in [0, 0.05) is 23.1 Å². The fraction of sp³-hybridized carbons (Fsp3) is 0.263. The smallest absolute Gasteiger partial charge is 0.229 e. The Bertz CT molecular complexity index is 843. The summed E-state index contributed by atoms with van der Waals surface area (Å²) in [7, 11) is 0. The minimum absolute atomic E-state index is 0.0700. The quantitative estimate of drug-likeness (QED) is 0.749. The summed E-state index contributed by atoms with van der Waals surface area (Å²) in [6, 6.07) is 12.7. The summed E-state index contributed by atoms with van der Waals surface area (Å²) < 4.78 is 6.41. The zero-order chi connectivity index (χ0) is 18.7. The van der Waals surface area contributed by atoms with Gasteiger partial charge in [0.25, 0.3) is 0 Å². The van der Waals surface area contributed by atoms with Gasteiger partial charge in [0.15, 0.2) is 5.75 Å². The molecule has 0 spiro atoms. The molecule has 136 valence electrons. The number of benzene rings is 2. The van der Waals surface area contributed by atoms with Gasteiger partial charge in [0.1, 0.15) is 0 Å². The highest BCUT2D eigenvalue weighted by Gasteiger charge is 2.35. The van der Waals surface area contributed by atoms with Crippen LogP contribution in [0.25, 0.3) is 0 Å². The third-order valence-electron chi connectivity index (χ3n) is 4.13. The number of rotatable bonds is 5. The van der Waals surface area contributed by atoms with Crippen LogP contribution in [0.3, 0.4) is 0 Å². The number of nitrogens with zero attached hydrogens (tertiary/aromatic N) is 1. The van der Waals surface area contributed by atoms with E-state index < -0.39 is 5.92 Å². The molecular weight excluding hydrogens is 420 g/mol. The Morgan fingerprint density at radius 1 is 1.35 bits per heavy atom.